The maximum Gasteiger partial charge on any atom is 0.410 e. The second-order valence-corrected chi connectivity index (χ2v) is 9.02. The first-order chi connectivity index (χ1) is 14.8. The van der Waals surface area contributed by atoms with Crippen molar-refractivity contribution in [1.29, 1.82) is 0 Å². The molecule has 4 rings (SSSR count). The fraction of sp³-hybridized carbons (Fsp3) is 0.333. The number of carbonyl (C=O) groups is 1. The van der Waals surface area contributed by atoms with Crippen LogP contribution in [-0.2, 0) is 9.47 Å². The molecular weight excluding hydrogens is 414 g/mol. The molecule has 1 aliphatic rings. The van der Waals surface area contributed by atoms with Crippen molar-refractivity contribution >= 4 is 17.7 Å². The van der Waals surface area contributed by atoms with Crippen LogP contribution in [0.2, 0.25) is 5.02 Å². The number of H-pyrrole nitrogens is 1. The molecule has 162 valence electrons. The van der Waals surface area contributed by atoms with Gasteiger partial charge in [-0.2, -0.15) is 5.10 Å². The van der Waals surface area contributed by atoms with E-state index in [0.717, 1.165) is 28.1 Å². The van der Waals surface area contributed by atoms with Crippen molar-refractivity contribution < 1.29 is 14.3 Å². The van der Waals surface area contributed by atoms with Crippen LogP contribution >= 0.6 is 11.6 Å². The van der Waals surface area contributed by atoms with E-state index < -0.39 is 5.60 Å². The molecule has 1 unspecified atom stereocenters. The highest BCUT2D eigenvalue weighted by molar-refractivity contribution is 6.30. The van der Waals surface area contributed by atoms with Gasteiger partial charge in [-0.25, -0.2) is 4.79 Å². The molecule has 3 aromatic rings. The monoisotopic (exact) mass is 439 g/mol. The number of benzene rings is 2. The lowest BCUT2D eigenvalue weighted by Gasteiger charge is -2.34. The molecule has 1 amide bonds. The zero-order valence-electron chi connectivity index (χ0n) is 17.9. The Balaban J connectivity index is 1.45. The molecule has 1 saturated heterocycles. The maximum atomic E-state index is 12.4. The van der Waals surface area contributed by atoms with E-state index >= 15 is 0 Å². The molecule has 6 nitrogen and oxygen atoms in total. The molecule has 0 bridgehead atoms. The average molecular weight is 440 g/mol. The molecule has 1 N–H and O–H groups in total. The van der Waals surface area contributed by atoms with E-state index in [4.69, 9.17) is 21.1 Å². The number of rotatable bonds is 3. The predicted octanol–water partition coefficient (Wildman–Crippen LogP) is 5.71. The molecule has 0 saturated carbocycles. The molecular formula is C24H26ClN3O3. The van der Waals surface area contributed by atoms with Gasteiger partial charge >= 0.3 is 6.09 Å². The van der Waals surface area contributed by atoms with Crippen LogP contribution in [0.5, 0.6) is 0 Å². The van der Waals surface area contributed by atoms with Gasteiger partial charge in [-0.05, 0) is 50.1 Å². The van der Waals surface area contributed by atoms with E-state index in [9.17, 15) is 4.79 Å². The zero-order chi connectivity index (χ0) is 22.0. The van der Waals surface area contributed by atoms with Crippen LogP contribution in [0.1, 0.15) is 32.4 Å². The molecule has 31 heavy (non-hydrogen) atoms. The third-order valence-electron chi connectivity index (χ3n) is 5.03. The van der Waals surface area contributed by atoms with Gasteiger partial charge in [-0.3, -0.25) is 5.10 Å². The molecule has 1 aromatic heterocycles. The number of aromatic amines is 1. The van der Waals surface area contributed by atoms with Crippen molar-refractivity contribution in [3.8, 4) is 22.5 Å². The van der Waals surface area contributed by atoms with Gasteiger partial charge in [0.25, 0.3) is 0 Å². The second kappa shape index (κ2) is 8.73. The normalized spacial score (nSPS) is 16.9. The lowest BCUT2D eigenvalue weighted by molar-refractivity contribution is -0.0432. The number of aromatic nitrogens is 2. The quantitative estimate of drug-likeness (QED) is 0.567. The number of nitrogens with zero attached hydrogens (tertiary/aromatic N) is 2. The molecule has 1 aliphatic heterocycles. The maximum absolute atomic E-state index is 12.4. The molecule has 1 fully saturated rings. The standard InChI is InChI=1S/C24H26ClN3O3/c1-24(2,3)31-23(29)28-12-13-30-22(15-28)18-6-4-16(5-7-18)20-14-21(27-26-20)17-8-10-19(25)11-9-17/h4-11,14,22H,12-13,15H2,1-3H3,(H,26,27). The van der Waals surface area contributed by atoms with Crippen molar-refractivity contribution in [3.63, 3.8) is 0 Å². The van der Waals surface area contributed by atoms with Crippen LogP contribution in [0.15, 0.2) is 54.6 Å². The molecule has 0 radical (unpaired) electrons. The Hall–Kier alpha value is -2.83. The Kier molecular flexibility index (Phi) is 6.03. The highest BCUT2D eigenvalue weighted by Gasteiger charge is 2.28. The van der Waals surface area contributed by atoms with Crippen molar-refractivity contribution in [2.24, 2.45) is 0 Å². The van der Waals surface area contributed by atoms with Crippen LogP contribution < -0.4 is 0 Å². The minimum absolute atomic E-state index is 0.179. The first-order valence-corrected chi connectivity index (χ1v) is 10.7. The first-order valence-electron chi connectivity index (χ1n) is 10.3. The molecule has 0 aliphatic carbocycles. The summed E-state index contributed by atoms with van der Waals surface area (Å²) in [6, 6.07) is 17.7. The molecule has 0 spiro atoms. The number of nitrogens with one attached hydrogen (secondary N) is 1. The summed E-state index contributed by atoms with van der Waals surface area (Å²) in [6.45, 7) is 7.10. The fourth-order valence-electron chi connectivity index (χ4n) is 3.46. The van der Waals surface area contributed by atoms with Gasteiger partial charge in [-0.15, -0.1) is 0 Å². The number of amides is 1. The van der Waals surface area contributed by atoms with Crippen LogP contribution in [0.3, 0.4) is 0 Å². The zero-order valence-corrected chi connectivity index (χ0v) is 18.6. The third-order valence-corrected chi connectivity index (χ3v) is 5.28. The summed E-state index contributed by atoms with van der Waals surface area (Å²) in [7, 11) is 0. The van der Waals surface area contributed by atoms with Crippen molar-refractivity contribution in [3.05, 3.63) is 65.2 Å². The Morgan fingerprint density at radius 2 is 1.81 bits per heavy atom. The number of hydrogen-bond donors (Lipinski definition) is 1. The molecule has 2 heterocycles. The van der Waals surface area contributed by atoms with E-state index in [1.54, 1.807) is 4.90 Å². The summed E-state index contributed by atoms with van der Waals surface area (Å²) in [4.78, 5) is 14.1. The largest absolute Gasteiger partial charge is 0.444 e. The number of ether oxygens (including phenoxy) is 2. The van der Waals surface area contributed by atoms with Gasteiger partial charge in [0.15, 0.2) is 0 Å². The van der Waals surface area contributed by atoms with Gasteiger partial charge in [0, 0.05) is 17.1 Å². The summed E-state index contributed by atoms with van der Waals surface area (Å²) in [5, 5.41) is 8.21. The van der Waals surface area contributed by atoms with Crippen LogP contribution in [0.4, 0.5) is 4.79 Å². The van der Waals surface area contributed by atoms with E-state index in [0.29, 0.717) is 24.7 Å². The second-order valence-electron chi connectivity index (χ2n) is 8.58. The Morgan fingerprint density at radius 1 is 1.13 bits per heavy atom. The van der Waals surface area contributed by atoms with Gasteiger partial charge in [0.2, 0.25) is 0 Å². The first kappa shape index (κ1) is 21.4. The number of morpholine rings is 1. The topological polar surface area (TPSA) is 67.4 Å². The third kappa shape index (κ3) is 5.27. The number of halogens is 1. The van der Waals surface area contributed by atoms with E-state index in [2.05, 4.69) is 10.2 Å². The summed E-state index contributed by atoms with van der Waals surface area (Å²) in [5.41, 5.74) is 4.32. The Bertz CT molecular complexity index is 1040. The van der Waals surface area contributed by atoms with E-state index in [1.165, 1.54) is 0 Å². The van der Waals surface area contributed by atoms with Gasteiger partial charge < -0.3 is 14.4 Å². The number of carbonyl (C=O) groups excluding carboxylic acids is 1. The van der Waals surface area contributed by atoms with Crippen molar-refractivity contribution in [2.45, 2.75) is 32.5 Å². The highest BCUT2D eigenvalue weighted by Crippen LogP contribution is 2.28. The van der Waals surface area contributed by atoms with Crippen molar-refractivity contribution in [2.75, 3.05) is 19.7 Å². The van der Waals surface area contributed by atoms with Crippen LogP contribution in [0.25, 0.3) is 22.5 Å². The van der Waals surface area contributed by atoms with Crippen molar-refractivity contribution in [1.82, 2.24) is 15.1 Å². The Morgan fingerprint density at radius 3 is 2.48 bits per heavy atom. The molecule has 7 heteroatoms. The van der Waals surface area contributed by atoms with Crippen LogP contribution in [0, 0.1) is 0 Å². The summed E-state index contributed by atoms with van der Waals surface area (Å²) in [5.74, 6) is 0. The lowest BCUT2D eigenvalue weighted by Crippen LogP contribution is -2.44. The minimum atomic E-state index is -0.512. The molecule has 1 atom stereocenters. The van der Waals surface area contributed by atoms with Gasteiger partial charge in [-0.1, -0.05) is 48.0 Å². The fourth-order valence-corrected chi connectivity index (χ4v) is 3.58. The summed E-state index contributed by atoms with van der Waals surface area (Å²) >= 11 is 5.97. The van der Waals surface area contributed by atoms with Gasteiger partial charge in [0.1, 0.15) is 11.7 Å². The van der Waals surface area contributed by atoms with Gasteiger partial charge in [0.05, 0.1) is 24.5 Å². The molecule has 2 aromatic carbocycles. The Labute approximate surface area is 187 Å². The average Bonchev–Trinajstić information content (AvgIpc) is 3.23. The highest BCUT2D eigenvalue weighted by atomic mass is 35.5. The summed E-state index contributed by atoms with van der Waals surface area (Å²) < 4.78 is 11.4. The minimum Gasteiger partial charge on any atom is -0.444 e. The van der Waals surface area contributed by atoms with Crippen LogP contribution in [-0.4, -0.2) is 46.5 Å². The SMILES string of the molecule is CC(C)(C)OC(=O)N1CCOC(c2ccc(-c3cc(-c4ccc(Cl)cc4)n[nH]3)cc2)C1. The summed E-state index contributed by atoms with van der Waals surface area (Å²) in [6.07, 6.45) is -0.480. The lowest BCUT2D eigenvalue weighted by atomic mass is 10.0. The predicted molar refractivity (Wildman–Crippen MR) is 121 cm³/mol. The number of hydrogen-bond acceptors (Lipinski definition) is 4. The van der Waals surface area contributed by atoms with E-state index in [1.807, 2.05) is 75.4 Å². The smallest absolute Gasteiger partial charge is 0.410 e. The van der Waals surface area contributed by atoms with E-state index in [-0.39, 0.29) is 12.2 Å².